The number of aromatic nitrogens is 3. The first-order chi connectivity index (χ1) is 17.0. The number of alkyl halides is 3. The van der Waals surface area contributed by atoms with Crippen molar-refractivity contribution in [3.8, 4) is 11.3 Å². The summed E-state index contributed by atoms with van der Waals surface area (Å²) in [5, 5.41) is 9.14. The maximum absolute atomic E-state index is 13.6. The van der Waals surface area contributed by atoms with Crippen molar-refractivity contribution in [2.75, 3.05) is 44.0 Å². The van der Waals surface area contributed by atoms with E-state index in [1.807, 2.05) is 44.2 Å². The highest BCUT2D eigenvalue weighted by Gasteiger charge is 2.41. The molecule has 0 atom stereocenters. The van der Waals surface area contributed by atoms with E-state index in [9.17, 15) is 18.0 Å². The number of anilines is 2. The lowest BCUT2D eigenvalue weighted by molar-refractivity contribution is -0.141. The van der Waals surface area contributed by atoms with Crippen molar-refractivity contribution in [1.29, 1.82) is 0 Å². The van der Waals surface area contributed by atoms with E-state index in [0.717, 1.165) is 39.5 Å². The second-order valence-electron chi connectivity index (χ2n) is 9.19. The molecular weight excluding hydrogens is 489 g/mol. The standard InChI is InChI=1S/C25H29F3N6OS/c1-15-16(2)22(31-30-19(15)17-9-7-6-8-10-17)34-13-11-18(12-14-34)33(5)23(35)20-21(25(26,27)28)29-24(36-20)32(3)4/h6-10,18H,11-14H2,1-5H3. The molecule has 0 bridgehead atoms. The van der Waals surface area contributed by atoms with Crippen LogP contribution in [0, 0.1) is 13.8 Å². The van der Waals surface area contributed by atoms with Crippen LogP contribution in [0.1, 0.15) is 39.3 Å². The molecule has 2 aromatic heterocycles. The minimum atomic E-state index is -4.69. The van der Waals surface area contributed by atoms with Crippen LogP contribution in [0.3, 0.4) is 0 Å². The Morgan fingerprint density at radius 1 is 1.03 bits per heavy atom. The van der Waals surface area contributed by atoms with Gasteiger partial charge < -0.3 is 14.7 Å². The summed E-state index contributed by atoms with van der Waals surface area (Å²) < 4.78 is 40.7. The Kier molecular flexibility index (Phi) is 7.21. The van der Waals surface area contributed by atoms with Gasteiger partial charge >= 0.3 is 6.18 Å². The summed E-state index contributed by atoms with van der Waals surface area (Å²) in [7, 11) is 4.78. The molecule has 0 aliphatic carbocycles. The number of carbonyl (C=O) groups is 1. The van der Waals surface area contributed by atoms with Gasteiger partial charge in [-0.15, -0.1) is 10.2 Å². The molecule has 0 unspecified atom stereocenters. The number of hydrogen-bond acceptors (Lipinski definition) is 7. The fraction of sp³-hybridized carbons (Fsp3) is 0.440. The zero-order valence-electron chi connectivity index (χ0n) is 20.9. The molecule has 3 heterocycles. The van der Waals surface area contributed by atoms with Gasteiger partial charge in [0.15, 0.2) is 16.6 Å². The number of thiazole rings is 1. The molecule has 0 radical (unpaired) electrons. The second-order valence-corrected chi connectivity index (χ2v) is 10.2. The molecule has 36 heavy (non-hydrogen) atoms. The van der Waals surface area contributed by atoms with Crippen molar-refractivity contribution >= 4 is 28.2 Å². The molecule has 1 aliphatic rings. The van der Waals surface area contributed by atoms with Crippen LogP contribution < -0.4 is 9.80 Å². The molecule has 0 N–H and O–H groups in total. The first-order valence-electron chi connectivity index (χ1n) is 11.7. The predicted molar refractivity (Wildman–Crippen MR) is 136 cm³/mol. The molecule has 1 aliphatic heterocycles. The van der Waals surface area contributed by atoms with Crippen LogP contribution in [0.25, 0.3) is 11.3 Å². The van der Waals surface area contributed by atoms with E-state index in [2.05, 4.69) is 20.1 Å². The van der Waals surface area contributed by atoms with Gasteiger partial charge in [-0.3, -0.25) is 4.79 Å². The summed E-state index contributed by atoms with van der Waals surface area (Å²) >= 11 is 0.770. The van der Waals surface area contributed by atoms with Gasteiger partial charge in [0.05, 0.1) is 5.69 Å². The fourth-order valence-electron chi connectivity index (χ4n) is 4.39. The van der Waals surface area contributed by atoms with Gasteiger partial charge in [0.2, 0.25) is 0 Å². The van der Waals surface area contributed by atoms with Crippen LogP contribution in [-0.4, -0.2) is 66.3 Å². The third-order valence-electron chi connectivity index (χ3n) is 6.64. The summed E-state index contributed by atoms with van der Waals surface area (Å²) in [6.07, 6.45) is -3.47. The summed E-state index contributed by atoms with van der Waals surface area (Å²) in [6.45, 7) is 5.31. The minimum absolute atomic E-state index is 0.150. The van der Waals surface area contributed by atoms with Crippen LogP contribution in [-0.2, 0) is 6.18 Å². The van der Waals surface area contributed by atoms with E-state index >= 15 is 0 Å². The molecular formula is C25H29F3N6OS. The van der Waals surface area contributed by atoms with E-state index in [-0.39, 0.29) is 16.1 Å². The molecule has 7 nitrogen and oxygen atoms in total. The quantitative estimate of drug-likeness (QED) is 0.472. The van der Waals surface area contributed by atoms with Gasteiger partial charge in [-0.25, -0.2) is 4.98 Å². The molecule has 11 heteroatoms. The Hall–Kier alpha value is -3.21. The molecule has 1 aromatic carbocycles. The summed E-state index contributed by atoms with van der Waals surface area (Å²) in [6, 6.07) is 9.71. The number of carbonyl (C=O) groups excluding carboxylic acids is 1. The van der Waals surface area contributed by atoms with Crippen LogP contribution in [0.2, 0.25) is 0 Å². The van der Waals surface area contributed by atoms with E-state index in [4.69, 9.17) is 0 Å². The number of benzene rings is 1. The lowest BCUT2D eigenvalue weighted by Gasteiger charge is -2.37. The topological polar surface area (TPSA) is 65.5 Å². The third kappa shape index (κ3) is 5.02. The Labute approximate surface area is 212 Å². The molecule has 1 amide bonds. The number of piperidine rings is 1. The summed E-state index contributed by atoms with van der Waals surface area (Å²) in [5.74, 6) is 0.155. The van der Waals surface area contributed by atoms with Gasteiger partial charge in [-0.1, -0.05) is 41.7 Å². The van der Waals surface area contributed by atoms with Gasteiger partial charge in [-0.05, 0) is 37.8 Å². The van der Waals surface area contributed by atoms with Crippen molar-refractivity contribution < 1.29 is 18.0 Å². The second kappa shape index (κ2) is 10.0. The first kappa shape index (κ1) is 25.9. The smallest absolute Gasteiger partial charge is 0.355 e. The maximum atomic E-state index is 13.6. The third-order valence-corrected chi connectivity index (χ3v) is 7.85. The molecule has 1 fully saturated rings. The van der Waals surface area contributed by atoms with Crippen LogP contribution >= 0.6 is 11.3 Å². The van der Waals surface area contributed by atoms with Crippen LogP contribution in [0.4, 0.5) is 24.1 Å². The monoisotopic (exact) mass is 518 g/mol. The average molecular weight is 519 g/mol. The van der Waals surface area contributed by atoms with E-state index in [1.165, 1.54) is 9.80 Å². The van der Waals surface area contributed by atoms with Gasteiger partial charge in [0, 0.05) is 45.8 Å². The SMILES string of the molecule is Cc1c(-c2ccccc2)nnc(N2CCC(N(C)C(=O)c3sc(N(C)C)nc3C(F)(F)F)CC2)c1C. The molecule has 0 saturated carbocycles. The molecule has 3 aromatic rings. The normalized spacial score (nSPS) is 14.7. The maximum Gasteiger partial charge on any atom is 0.435 e. The van der Waals surface area contributed by atoms with Gasteiger partial charge in [0.1, 0.15) is 4.88 Å². The Bertz CT molecular complexity index is 1240. The van der Waals surface area contributed by atoms with E-state index < -0.39 is 17.8 Å². The lowest BCUT2D eigenvalue weighted by Crippen LogP contribution is -2.46. The first-order valence-corrected chi connectivity index (χ1v) is 12.5. The Morgan fingerprint density at radius 3 is 2.25 bits per heavy atom. The summed E-state index contributed by atoms with van der Waals surface area (Å²) in [5.41, 5.74) is 2.84. The Morgan fingerprint density at radius 2 is 1.67 bits per heavy atom. The van der Waals surface area contributed by atoms with Gasteiger partial charge in [-0.2, -0.15) is 13.2 Å². The number of rotatable bonds is 5. The largest absolute Gasteiger partial charge is 0.435 e. The van der Waals surface area contributed by atoms with E-state index in [1.54, 1.807) is 21.1 Å². The van der Waals surface area contributed by atoms with E-state index in [0.29, 0.717) is 25.9 Å². The molecule has 1 saturated heterocycles. The molecule has 0 spiro atoms. The van der Waals surface area contributed by atoms with Gasteiger partial charge in [0.25, 0.3) is 5.91 Å². The number of halogens is 3. The number of hydrogen-bond donors (Lipinski definition) is 0. The number of amides is 1. The van der Waals surface area contributed by atoms with Crippen molar-refractivity contribution in [1.82, 2.24) is 20.1 Å². The van der Waals surface area contributed by atoms with Crippen molar-refractivity contribution in [2.24, 2.45) is 0 Å². The summed E-state index contributed by atoms with van der Waals surface area (Å²) in [4.78, 5) is 21.5. The van der Waals surface area contributed by atoms with Crippen molar-refractivity contribution in [2.45, 2.75) is 38.9 Å². The zero-order chi connectivity index (χ0) is 26.2. The predicted octanol–water partition coefficient (Wildman–Crippen LogP) is 5.04. The average Bonchev–Trinajstić information content (AvgIpc) is 3.32. The Balaban J connectivity index is 1.48. The minimum Gasteiger partial charge on any atom is -0.355 e. The number of nitrogens with zero attached hydrogens (tertiary/aromatic N) is 6. The molecule has 192 valence electrons. The molecule has 4 rings (SSSR count). The van der Waals surface area contributed by atoms with Crippen molar-refractivity contribution in [3.05, 3.63) is 52.0 Å². The fourth-order valence-corrected chi connectivity index (χ4v) is 5.38. The van der Waals surface area contributed by atoms with Crippen LogP contribution in [0.15, 0.2) is 30.3 Å². The highest BCUT2D eigenvalue weighted by atomic mass is 32.1. The zero-order valence-corrected chi connectivity index (χ0v) is 21.7. The highest BCUT2D eigenvalue weighted by molar-refractivity contribution is 7.17. The van der Waals surface area contributed by atoms with Crippen LogP contribution in [0.5, 0.6) is 0 Å². The van der Waals surface area contributed by atoms with Crippen molar-refractivity contribution in [3.63, 3.8) is 0 Å². The lowest BCUT2D eigenvalue weighted by atomic mass is 10.0. The highest BCUT2D eigenvalue weighted by Crippen LogP contribution is 2.38.